The van der Waals surface area contributed by atoms with Crippen LogP contribution in [-0.2, 0) is 15.8 Å². The molecule has 2 aromatic rings. The number of sulfonamides is 1. The van der Waals surface area contributed by atoms with E-state index < -0.39 is 10.0 Å². The lowest BCUT2D eigenvalue weighted by Crippen LogP contribution is -2.36. The summed E-state index contributed by atoms with van der Waals surface area (Å²) in [6.45, 7) is 4.89. The molecule has 2 N–H and O–H groups in total. The van der Waals surface area contributed by atoms with Crippen molar-refractivity contribution < 1.29 is 18.0 Å². The van der Waals surface area contributed by atoms with Gasteiger partial charge in [0, 0.05) is 24.7 Å². The first-order chi connectivity index (χ1) is 14.8. The highest BCUT2D eigenvalue weighted by Gasteiger charge is 2.24. The fourth-order valence-electron chi connectivity index (χ4n) is 3.52. The molecular formula is C23H29N3O4S. The lowest BCUT2D eigenvalue weighted by atomic mass is 10.1. The van der Waals surface area contributed by atoms with Crippen LogP contribution < -0.4 is 10.6 Å². The van der Waals surface area contributed by atoms with Crippen molar-refractivity contribution in [2.24, 2.45) is 0 Å². The number of carbonyl (C=O) groups is 2. The molecule has 0 aromatic heterocycles. The molecule has 0 unspecified atom stereocenters. The Bertz CT molecular complexity index is 1030. The quantitative estimate of drug-likeness (QED) is 0.686. The number of anilines is 1. The molecule has 0 saturated carbocycles. The Kier molecular flexibility index (Phi) is 7.46. The van der Waals surface area contributed by atoms with Crippen LogP contribution in [0.4, 0.5) is 5.69 Å². The summed E-state index contributed by atoms with van der Waals surface area (Å²) >= 11 is 0. The summed E-state index contributed by atoms with van der Waals surface area (Å²) in [6, 6.07) is 13.3. The smallest absolute Gasteiger partial charge is 0.255 e. The number of piperidine rings is 1. The zero-order chi connectivity index (χ0) is 22.4. The third kappa shape index (κ3) is 6.15. The highest BCUT2D eigenvalue weighted by Crippen LogP contribution is 2.19. The molecule has 1 heterocycles. The molecule has 0 aliphatic carbocycles. The van der Waals surface area contributed by atoms with E-state index in [1.54, 1.807) is 52.8 Å². The van der Waals surface area contributed by atoms with Crippen LogP contribution in [0.25, 0.3) is 0 Å². The van der Waals surface area contributed by atoms with Crippen LogP contribution in [0.2, 0.25) is 0 Å². The second-order valence-electron chi connectivity index (χ2n) is 8.04. The van der Waals surface area contributed by atoms with Crippen molar-refractivity contribution in [3.05, 3.63) is 65.2 Å². The lowest BCUT2D eigenvalue weighted by Gasteiger charge is -2.25. The Labute approximate surface area is 183 Å². The summed E-state index contributed by atoms with van der Waals surface area (Å²) in [7, 11) is -3.35. The summed E-state index contributed by atoms with van der Waals surface area (Å²) in [6.07, 6.45) is 2.86. The minimum absolute atomic E-state index is 0.0231. The molecule has 1 aliphatic rings. The first kappa shape index (κ1) is 23.0. The molecule has 166 valence electrons. The van der Waals surface area contributed by atoms with Crippen LogP contribution >= 0.6 is 0 Å². The normalized spacial score (nSPS) is 14.9. The molecule has 3 rings (SSSR count). The Morgan fingerprint density at radius 1 is 0.935 bits per heavy atom. The standard InChI is InChI=1S/C23H29N3O4S/c1-17(2)24-23(28)20-8-4-5-9-21(20)25-22(27)19-12-10-18(11-13-19)16-31(29,30)26-14-6-3-7-15-26/h4-5,8-13,17H,3,6-7,14-16H2,1-2H3,(H,24,28)(H,25,27). The molecule has 0 spiro atoms. The van der Waals surface area contributed by atoms with Gasteiger partial charge < -0.3 is 10.6 Å². The van der Waals surface area contributed by atoms with Crippen molar-refractivity contribution in [1.82, 2.24) is 9.62 Å². The molecule has 8 heteroatoms. The van der Waals surface area contributed by atoms with Crippen LogP contribution in [0, 0.1) is 0 Å². The average molecular weight is 444 g/mol. The number of nitrogens with zero attached hydrogens (tertiary/aromatic N) is 1. The van der Waals surface area contributed by atoms with E-state index in [9.17, 15) is 18.0 Å². The molecule has 2 aromatic carbocycles. The number of rotatable bonds is 7. The van der Waals surface area contributed by atoms with Crippen LogP contribution in [0.3, 0.4) is 0 Å². The van der Waals surface area contributed by atoms with E-state index in [0.29, 0.717) is 35.5 Å². The highest BCUT2D eigenvalue weighted by atomic mass is 32.2. The predicted octanol–water partition coefficient (Wildman–Crippen LogP) is 3.39. The van der Waals surface area contributed by atoms with E-state index in [0.717, 1.165) is 19.3 Å². The van der Waals surface area contributed by atoms with Crippen molar-refractivity contribution >= 4 is 27.5 Å². The average Bonchev–Trinajstić information content (AvgIpc) is 2.74. The van der Waals surface area contributed by atoms with Gasteiger partial charge in [-0.3, -0.25) is 9.59 Å². The van der Waals surface area contributed by atoms with Gasteiger partial charge in [-0.2, -0.15) is 0 Å². The summed E-state index contributed by atoms with van der Waals surface area (Å²) < 4.78 is 26.8. The van der Waals surface area contributed by atoms with Gasteiger partial charge in [0.1, 0.15) is 0 Å². The van der Waals surface area contributed by atoms with Crippen molar-refractivity contribution in [2.45, 2.75) is 44.9 Å². The van der Waals surface area contributed by atoms with E-state index in [1.165, 1.54) is 0 Å². The van der Waals surface area contributed by atoms with Crippen LogP contribution in [0.5, 0.6) is 0 Å². The monoisotopic (exact) mass is 443 g/mol. The predicted molar refractivity (Wildman–Crippen MR) is 121 cm³/mol. The fourth-order valence-corrected chi connectivity index (χ4v) is 5.13. The van der Waals surface area contributed by atoms with Gasteiger partial charge in [-0.15, -0.1) is 0 Å². The molecule has 2 amide bonds. The molecule has 1 aliphatic heterocycles. The topological polar surface area (TPSA) is 95.6 Å². The lowest BCUT2D eigenvalue weighted by molar-refractivity contribution is 0.0944. The van der Waals surface area contributed by atoms with Gasteiger partial charge in [0.15, 0.2) is 0 Å². The summed E-state index contributed by atoms with van der Waals surface area (Å²) in [5, 5.41) is 5.59. The van der Waals surface area contributed by atoms with Crippen LogP contribution in [0.15, 0.2) is 48.5 Å². The number of carbonyl (C=O) groups excluding carboxylic acids is 2. The zero-order valence-corrected chi connectivity index (χ0v) is 18.7. The minimum Gasteiger partial charge on any atom is -0.350 e. The minimum atomic E-state index is -3.35. The van der Waals surface area contributed by atoms with Gasteiger partial charge in [-0.25, -0.2) is 12.7 Å². The fraction of sp³-hybridized carbons (Fsp3) is 0.391. The van der Waals surface area contributed by atoms with Gasteiger partial charge in [0.25, 0.3) is 11.8 Å². The molecular weight excluding hydrogens is 414 g/mol. The molecule has 0 bridgehead atoms. The van der Waals surface area contributed by atoms with Gasteiger partial charge in [0.05, 0.1) is 17.0 Å². The van der Waals surface area contributed by atoms with E-state index in [1.807, 2.05) is 13.8 Å². The third-order valence-corrected chi connectivity index (χ3v) is 6.96. The first-order valence-electron chi connectivity index (χ1n) is 10.5. The molecule has 0 atom stereocenters. The van der Waals surface area contributed by atoms with Gasteiger partial charge in [-0.1, -0.05) is 30.7 Å². The molecule has 0 radical (unpaired) electrons. The van der Waals surface area contributed by atoms with Crippen molar-refractivity contribution in [3.8, 4) is 0 Å². The molecule has 7 nitrogen and oxygen atoms in total. The highest BCUT2D eigenvalue weighted by molar-refractivity contribution is 7.88. The van der Waals surface area contributed by atoms with Gasteiger partial charge in [-0.05, 0) is 56.5 Å². The number of benzene rings is 2. The van der Waals surface area contributed by atoms with E-state index in [4.69, 9.17) is 0 Å². The summed E-state index contributed by atoms with van der Waals surface area (Å²) in [4.78, 5) is 25.1. The maximum Gasteiger partial charge on any atom is 0.255 e. The summed E-state index contributed by atoms with van der Waals surface area (Å²) in [5.41, 5.74) is 1.83. The second-order valence-corrected chi connectivity index (χ2v) is 10.0. The number of hydrogen-bond acceptors (Lipinski definition) is 4. The van der Waals surface area contributed by atoms with E-state index in [-0.39, 0.29) is 23.6 Å². The number of para-hydroxylation sites is 1. The molecule has 1 saturated heterocycles. The van der Waals surface area contributed by atoms with E-state index in [2.05, 4.69) is 10.6 Å². The van der Waals surface area contributed by atoms with Crippen LogP contribution in [0.1, 0.15) is 59.4 Å². The number of nitrogens with one attached hydrogen (secondary N) is 2. The maximum atomic E-state index is 12.7. The third-order valence-electron chi connectivity index (χ3n) is 5.11. The Morgan fingerprint density at radius 3 is 2.23 bits per heavy atom. The number of amides is 2. The Hall–Kier alpha value is -2.71. The summed E-state index contributed by atoms with van der Waals surface area (Å²) in [5.74, 6) is -0.702. The van der Waals surface area contributed by atoms with Crippen LogP contribution in [-0.4, -0.2) is 43.7 Å². The largest absolute Gasteiger partial charge is 0.350 e. The molecule has 1 fully saturated rings. The number of hydrogen-bond donors (Lipinski definition) is 2. The van der Waals surface area contributed by atoms with Crippen molar-refractivity contribution in [2.75, 3.05) is 18.4 Å². The zero-order valence-electron chi connectivity index (χ0n) is 17.9. The Morgan fingerprint density at radius 2 is 1.58 bits per heavy atom. The maximum absolute atomic E-state index is 12.7. The molecule has 31 heavy (non-hydrogen) atoms. The van der Waals surface area contributed by atoms with Gasteiger partial charge >= 0.3 is 0 Å². The van der Waals surface area contributed by atoms with Crippen molar-refractivity contribution in [1.29, 1.82) is 0 Å². The second kappa shape index (κ2) is 10.1. The first-order valence-corrected chi connectivity index (χ1v) is 12.2. The Balaban J connectivity index is 1.68. The SMILES string of the molecule is CC(C)NC(=O)c1ccccc1NC(=O)c1ccc(CS(=O)(=O)N2CCCCC2)cc1. The van der Waals surface area contributed by atoms with Gasteiger partial charge in [0.2, 0.25) is 10.0 Å². The van der Waals surface area contributed by atoms with Crippen molar-refractivity contribution in [3.63, 3.8) is 0 Å². The van der Waals surface area contributed by atoms with E-state index >= 15 is 0 Å².